The molecule has 0 amide bonds. The Hall–Kier alpha value is -2.02. The number of aromatic nitrogens is 1. The van der Waals surface area contributed by atoms with Gasteiger partial charge in [-0.2, -0.15) is 5.26 Å². The Morgan fingerprint density at radius 2 is 2.19 bits per heavy atom. The van der Waals surface area contributed by atoms with Crippen LogP contribution in [0.25, 0.3) is 10.8 Å². The van der Waals surface area contributed by atoms with Crippen molar-refractivity contribution in [3.05, 3.63) is 24.4 Å². The van der Waals surface area contributed by atoms with Crippen molar-refractivity contribution in [2.24, 2.45) is 5.92 Å². The number of fused-ring (bicyclic) bond motifs is 1. The van der Waals surface area contributed by atoms with Crippen LogP contribution in [0.5, 0.6) is 5.75 Å². The lowest BCUT2D eigenvalue weighted by atomic mass is 9.93. The van der Waals surface area contributed by atoms with Gasteiger partial charge in [0.25, 0.3) is 0 Å². The molecule has 0 fully saturated rings. The van der Waals surface area contributed by atoms with Gasteiger partial charge in [-0.05, 0) is 5.92 Å². The van der Waals surface area contributed by atoms with Crippen molar-refractivity contribution >= 4 is 10.8 Å². The molecule has 4 nitrogen and oxygen atoms in total. The summed E-state index contributed by atoms with van der Waals surface area (Å²) in [6, 6.07) is 2.20. The summed E-state index contributed by atoms with van der Waals surface area (Å²) >= 11 is 0. The van der Waals surface area contributed by atoms with Gasteiger partial charge in [-0.25, -0.2) is 0 Å². The molecule has 0 aliphatic rings. The molecule has 16 heavy (non-hydrogen) atoms. The number of nitriles is 1. The van der Waals surface area contributed by atoms with E-state index in [9.17, 15) is 5.11 Å². The molecular weight excluding hydrogens is 204 g/mol. The van der Waals surface area contributed by atoms with Crippen LogP contribution in [0.4, 0.5) is 0 Å². The van der Waals surface area contributed by atoms with Gasteiger partial charge in [0.15, 0.2) is 0 Å². The van der Waals surface area contributed by atoms with E-state index in [1.54, 1.807) is 6.20 Å². The number of aromatic hydroxyl groups is 1. The number of hydrogen-bond acceptors (Lipinski definition) is 4. The van der Waals surface area contributed by atoms with Crippen molar-refractivity contribution in [1.82, 2.24) is 4.98 Å². The zero-order chi connectivity index (χ0) is 11.7. The van der Waals surface area contributed by atoms with E-state index in [0.717, 1.165) is 5.39 Å². The van der Waals surface area contributed by atoms with E-state index < -0.39 is 0 Å². The summed E-state index contributed by atoms with van der Waals surface area (Å²) in [7, 11) is 0. The Morgan fingerprint density at radius 3 is 2.81 bits per heavy atom. The van der Waals surface area contributed by atoms with E-state index in [0.29, 0.717) is 11.1 Å². The minimum atomic E-state index is -0.356. The third kappa shape index (κ3) is 1.50. The molecule has 1 atom stereocenters. The maximum Gasteiger partial charge on any atom is 0.145 e. The van der Waals surface area contributed by atoms with Crippen molar-refractivity contribution in [2.45, 2.75) is 19.8 Å². The van der Waals surface area contributed by atoms with Gasteiger partial charge in [-0.15, -0.1) is 0 Å². The van der Waals surface area contributed by atoms with Crippen LogP contribution < -0.4 is 0 Å². The third-order valence-corrected chi connectivity index (χ3v) is 2.60. The van der Waals surface area contributed by atoms with E-state index in [2.05, 4.69) is 11.1 Å². The van der Waals surface area contributed by atoms with Crippen LogP contribution in [0.3, 0.4) is 0 Å². The summed E-state index contributed by atoms with van der Waals surface area (Å²) in [4.78, 5) is 3.86. The largest absolute Gasteiger partial charge is 0.506 e. The Bertz CT molecular complexity index is 552. The SMILES string of the molecule is CC(C)C(C#N)c1occ2cncc(O)c12. The molecule has 0 saturated carbocycles. The zero-order valence-corrected chi connectivity index (χ0v) is 9.14. The lowest BCUT2D eigenvalue weighted by Gasteiger charge is -2.10. The fourth-order valence-corrected chi connectivity index (χ4v) is 1.75. The van der Waals surface area contributed by atoms with Crippen LogP contribution in [-0.2, 0) is 0 Å². The summed E-state index contributed by atoms with van der Waals surface area (Å²) in [5.41, 5.74) is 0. The first-order chi connectivity index (χ1) is 7.65. The van der Waals surface area contributed by atoms with Gasteiger partial charge in [0, 0.05) is 11.6 Å². The van der Waals surface area contributed by atoms with Crippen LogP contribution in [-0.4, -0.2) is 10.1 Å². The number of hydrogen-bond donors (Lipinski definition) is 1. The fraction of sp³-hybridized carbons (Fsp3) is 0.333. The van der Waals surface area contributed by atoms with E-state index in [-0.39, 0.29) is 17.6 Å². The average Bonchev–Trinajstić information content (AvgIpc) is 2.64. The lowest BCUT2D eigenvalue weighted by molar-refractivity contribution is 0.442. The Labute approximate surface area is 93.1 Å². The van der Waals surface area contributed by atoms with E-state index >= 15 is 0 Å². The minimum absolute atomic E-state index is 0.0575. The van der Waals surface area contributed by atoms with Crippen molar-refractivity contribution in [2.75, 3.05) is 0 Å². The molecule has 1 unspecified atom stereocenters. The van der Waals surface area contributed by atoms with Gasteiger partial charge in [0.05, 0.1) is 17.7 Å². The highest BCUT2D eigenvalue weighted by Gasteiger charge is 2.23. The second-order valence-electron chi connectivity index (χ2n) is 4.07. The maximum absolute atomic E-state index is 9.74. The molecule has 0 aliphatic carbocycles. The van der Waals surface area contributed by atoms with Crippen LogP contribution in [0, 0.1) is 17.2 Å². The molecule has 2 rings (SSSR count). The summed E-state index contributed by atoms with van der Waals surface area (Å²) in [6.07, 6.45) is 4.48. The van der Waals surface area contributed by atoms with Gasteiger partial charge in [0.1, 0.15) is 23.7 Å². The molecule has 2 heterocycles. The van der Waals surface area contributed by atoms with Crippen LogP contribution in [0.15, 0.2) is 23.1 Å². The maximum atomic E-state index is 9.74. The summed E-state index contributed by atoms with van der Waals surface area (Å²) < 4.78 is 5.39. The summed E-state index contributed by atoms with van der Waals surface area (Å²) in [6.45, 7) is 3.89. The molecule has 1 N–H and O–H groups in total. The standard InChI is InChI=1S/C12H12N2O2/c1-7(2)9(3-13)12-11-8(6-16-12)4-14-5-10(11)15/h4-7,9,15H,1-2H3. The van der Waals surface area contributed by atoms with E-state index in [1.165, 1.54) is 12.5 Å². The molecule has 2 aromatic heterocycles. The van der Waals surface area contributed by atoms with Gasteiger partial charge in [-0.1, -0.05) is 13.8 Å². The molecule has 82 valence electrons. The van der Waals surface area contributed by atoms with E-state index in [1.807, 2.05) is 13.8 Å². The molecule has 0 aromatic carbocycles. The topological polar surface area (TPSA) is 70.0 Å². The predicted molar refractivity (Wildman–Crippen MR) is 58.9 cm³/mol. The molecule has 0 bridgehead atoms. The molecule has 0 aliphatic heterocycles. The first-order valence-electron chi connectivity index (χ1n) is 5.08. The predicted octanol–water partition coefficient (Wildman–Crippen LogP) is 2.80. The zero-order valence-electron chi connectivity index (χ0n) is 9.14. The highest BCUT2D eigenvalue weighted by atomic mass is 16.3. The van der Waals surface area contributed by atoms with Crippen LogP contribution >= 0.6 is 0 Å². The highest BCUT2D eigenvalue weighted by Crippen LogP contribution is 2.35. The molecule has 4 heteroatoms. The van der Waals surface area contributed by atoms with Crippen molar-refractivity contribution in [3.63, 3.8) is 0 Å². The van der Waals surface area contributed by atoms with Crippen molar-refractivity contribution < 1.29 is 9.52 Å². The fourth-order valence-electron chi connectivity index (χ4n) is 1.75. The second kappa shape index (κ2) is 3.86. The van der Waals surface area contributed by atoms with E-state index in [4.69, 9.17) is 9.68 Å². The van der Waals surface area contributed by atoms with Crippen molar-refractivity contribution in [3.8, 4) is 11.8 Å². The van der Waals surface area contributed by atoms with Gasteiger partial charge in [0.2, 0.25) is 0 Å². The molecule has 0 saturated heterocycles. The number of rotatable bonds is 2. The molecule has 2 aromatic rings. The van der Waals surface area contributed by atoms with Crippen LogP contribution in [0.1, 0.15) is 25.5 Å². The van der Waals surface area contributed by atoms with Gasteiger partial charge < -0.3 is 9.52 Å². The Kier molecular flexibility index (Phi) is 2.53. The first-order valence-corrected chi connectivity index (χ1v) is 5.08. The van der Waals surface area contributed by atoms with Crippen molar-refractivity contribution in [1.29, 1.82) is 5.26 Å². The Balaban J connectivity index is 2.66. The monoisotopic (exact) mass is 216 g/mol. The third-order valence-electron chi connectivity index (χ3n) is 2.60. The molecule has 0 spiro atoms. The van der Waals surface area contributed by atoms with Gasteiger partial charge >= 0.3 is 0 Å². The number of nitrogens with zero attached hydrogens (tertiary/aromatic N) is 2. The lowest BCUT2D eigenvalue weighted by Crippen LogP contribution is -2.03. The summed E-state index contributed by atoms with van der Waals surface area (Å²) in [5.74, 6) is 0.354. The second-order valence-corrected chi connectivity index (χ2v) is 4.07. The van der Waals surface area contributed by atoms with Gasteiger partial charge in [-0.3, -0.25) is 4.98 Å². The average molecular weight is 216 g/mol. The first kappa shape index (κ1) is 10.5. The minimum Gasteiger partial charge on any atom is -0.506 e. The highest BCUT2D eigenvalue weighted by molar-refractivity contribution is 5.89. The Morgan fingerprint density at radius 1 is 1.44 bits per heavy atom. The molecule has 0 radical (unpaired) electrons. The summed E-state index contributed by atoms with van der Waals surface area (Å²) in [5, 5.41) is 20.2. The number of furan rings is 1. The quantitative estimate of drug-likeness (QED) is 0.837. The smallest absolute Gasteiger partial charge is 0.145 e. The normalized spacial score (nSPS) is 12.9. The number of pyridine rings is 1. The molecular formula is C12H12N2O2. The van der Waals surface area contributed by atoms with Crippen LogP contribution in [0.2, 0.25) is 0 Å².